The van der Waals surface area contributed by atoms with Gasteiger partial charge in [0.2, 0.25) is 5.95 Å². The number of fused-ring (bicyclic) bond motifs is 1. The van der Waals surface area contributed by atoms with E-state index in [0.29, 0.717) is 18.1 Å². The monoisotopic (exact) mass is 391 g/mol. The van der Waals surface area contributed by atoms with Crippen molar-refractivity contribution in [3.8, 4) is 0 Å². The summed E-state index contributed by atoms with van der Waals surface area (Å²) in [6, 6.07) is 17.8. The minimum absolute atomic E-state index is 0.117. The fraction of sp³-hybridized carbons (Fsp3) is 0.190. The number of carbonyl (C=O) groups excluding carboxylic acids is 1. The van der Waals surface area contributed by atoms with Gasteiger partial charge in [0.15, 0.2) is 0 Å². The van der Waals surface area contributed by atoms with Crippen molar-refractivity contribution in [2.24, 2.45) is 0 Å². The van der Waals surface area contributed by atoms with Gasteiger partial charge in [-0.05, 0) is 36.4 Å². The summed E-state index contributed by atoms with van der Waals surface area (Å²) in [4.78, 5) is 18.6. The molecule has 2 aromatic carbocycles. The molecule has 0 spiro atoms. The molecule has 0 saturated carbocycles. The maximum atomic E-state index is 13.1. The van der Waals surface area contributed by atoms with E-state index >= 15 is 0 Å². The van der Waals surface area contributed by atoms with E-state index in [1.54, 1.807) is 16.4 Å². The molecule has 2 N–H and O–H groups in total. The van der Waals surface area contributed by atoms with E-state index in [1.165, 1.54) is 11.2 Å². The first-order valence-electron chi connectivity index (χ1n) is 9.00. The lowest BCUT2D eigenvalue weighted by atomic mass is 9.95. The zero-order valence-electron chi connectivity index (χ0n) is 15.7. The van der Waals surface area contributed by atoms with E-state index in [4.69, 9.17) is 0 Å². The van der Waals surface area contributed by atoms with Crippen molar-refractivity contribution < 1.29 is 4.79 Å². The lowest BCUT2D eigenvalue weighted by molar-refractivity contribution is -0.118. The Labute approximate surface area is 168 Å². The van der Waals surface area contributed by atoms with Crippen LogP contribution in [0.3, 0.4) is 0 Å². The van der Waals surface area contributed by atoms with Crippen molar-refractivity contribution >= 4 is 23.6 Å². The van der Waals surface area contributed by atoms with Crippen LogP contribution >= 0.6 is 11.8 Å². The minimum atomic E-state index is -0.328. The van der Waals surface area contributed by atoms with E-state index in [-0.39, 0.29) is 11.9 Å². The maximum absolute atomic E-state index is 13.1. The van der Waals surface area contributed by atoms with Gasteiger partial charge in [-0.15, -0.1) is 11.8 Å². The van der Waals surface area contributed by atoms with E-state index in [0.717, 1.165) is 16.8 Å². The van der Waals surface area contributed by atoms with Gasteiger partial charge < -0.3 is 10.6 Å². The largest absolute Gasteiger partial charge is 0.348 e. The molecule has 2 heterocycles. The summed E-state index contributed by atoms with van der Waals surface area (Å²) >= 11 is 1.69. The topological polar surface area (TPSA) is 71.8 Å². The molecule has 6 nitrogen and oxygen atoms in total. The summed E-state index contributed by atoms with van der Waals surface area (Å²) in [6.07, 6.45) is 3.55. The highest BCUT2D eigenvalue weighted by molar-refractivity contribution is 7.98. The Morgan fingerprint density at radius 1 is 1.18 bits per heavy atom. The van der Waals surface area contributed by atoms with Gasteiger partial charge in [-0.2, -0.15) is 10.1 Å². The normalized spacial score (nSPS) is 15.7. The van der Waals surface area contributed by atoms with Crippen LogP contribution in [0.25, 0.3) is 0 Å². The summed E-state index contributed by atoms with van der Waals surface area (Å²) in [5.41, 5.74) is 3.48. The first-order chi connectivity index (χ1) is 13.7. The smallest absolute Gasteiger partial charge is 0.251 e. The summed E-state index contributed by atoms with van der Waals surface area (Å²) in [7, 11) is 0. The number of anilines is 1. The van der Waals surface area contributed by atoms with Crippen LogP contribution in [-0.2, 0) is 11.3 Å². The number of allylic oxidation sites excluding steroid dienone is 1. The number of nitrogens with zero attached hydrogens (tertiary/aromatic N) is 3. The quantitative estimate of drug-likeness (QED) is 0.650. The van der Waals surface area contributed by atoms with Crippen molar-refractivity contribution in [2.45, 2.75) is 24.4 Å². The number of carbonyl (C=O) groups is 1. The average Bonchev–Trinajstić information content (AvgIpc) is 3.20. The van der Waals surface area contributed by atoms with Crippen LogP contribution in [0.1, 0.15) is 24.1 Å². The van der Waals surface area contributed by atoms with Crippen molar-refractivity contribution in [3.05, 3.63) is 83.3 Å². The van der Waals surface area contributed by atoms with Crippen molar-refractivity contribution in [2.75, 3.05) is 11.6 Å². The molecule has 0 saturated heterocycles. The third-order valence-electron chi connectivity index (χ3n) is 4.77. The zero-order valence-corrected chi connectivity index (χ0v) is 16.5. The summed E-state index contributed by atoms with van der Waals surface area (Å²) in [5, 5.41) is 10.6. The molecule has 3 aromatic rings. The first-order valence-corrected chi connectivity index (χ1v) is 10.2. The number of hydrogen-bond acceptors (Lipinski definition) is 5. The molecule has 1 atom stereocenters. The highest BCUT2D eigenvalue weighted by Gasteiger charge is 2.33. The van der Waals surface area contributed by atoms with Gasteiger partial charge in [0.25, 0.3) is 5.91 Å². The molecule has 1 amide bonds. The van der Waals surface area contributed by atoms with Gasteiger partial charge in [0.1, 0.15) is 12.4 Å². The second-order valence-corrected chi connectivity index (χ2v) is 7.42. The van der Waals surface area contributed by atoms with Gasteiger partial charge >= 0.3 is 0 Å². The van der Waals surface area contributed by atoms with Crippen molar-refractivity contribution in [3.63, 3.8) is 0 Å². The average molecular weight is 392 g/mol. The maximum Gasteiger partial charge on any atom is 0.251 e. The third kappa shape index (κ3) is 3.53. The molecular weight excluding hydrogens is 370 g/mol. The molecule has 0 aliphatic carbocycles. The molecule has 142 valence electrons. The molecule has 1 aromatic heterocycles. The molecule has 28 heavy (non-hydrogen) atoms. The number of aromatic nitrogens is 3. The molecular formula is C21H21N5OS. The van der Waals surface area contributed by atoms with Crippen molar-refractivity contribution in [1.82, 2.24) is 20.1 Å². The summed E-state index contributed by atoms with van der Waals surface area (Å²) in [5.74, 6) is 0.519. The Kier molecular flexibility index (Phi) is 5.16. The number of benzene rings is 2. The second-order valence-electron chi connectivity index (χ2n) is 6.54. The minimum Gasteiger partial charge on any atom is -0.348 e. The lowest BCUT2D eigenvalue weighted by Crippen LogP contribution is -2.34. The Morgan fingerprint density at radius 3 is 2.64 bits per heavy atom. The molecule has 0 unspecified atom stereocenters. The van der Waals surface area contributed by atoms with E-state index in [9.17, 15) is 4.79 Å². The SMILES string of the molecule is CSc1ccc([C@@H]2C(C(=O)NCc3ccccc3)=C(C)Nc3ncnn32)cc1. The van der Waals surface area contributed by atoms with Crippen LogP contribution in [0.2, 0.25) is 0 Å². The highest BCUT2D eigenvalue weighted by Crippen LogP contribution is 2.35. The number of amides is 1. The fourth-order valence-electron chi connectivity index (χ4n) is 3.35. The highest BCUT2D eigenvalue weighted by atomic mass is 32.2. The number of rotatable bonds is 5. The zero-order chi connectivity index (χ0) is 19.5. The van der Waals surface area contributed by atoms with Gasteiger partial charge in [-0.25, -0.2) is 4.68 Å². The summed E-state index contributed by atoms with van der Waals surface area (Å²) in [6.45, 7) is 2.37. The van der Waals surface area contributed by atoms with E-state index in [1.807, 2.05) is 55.6 Å². The van der Waals surface area contributed by atoms with Crippen LogP contribution in [0.4, 0.5) is 5.95 Å². The van der Waals surface area contributed by atoms with Gasteiger partial charge in [-0.3, -0.25) is 4.79 Å². The summed E-state index contributed by atoms with van der Waals surface area (Å²) < 4.78 is 1.76. The fourth-order valence-corrected chi connectivity index (χ4v) is 3.76. The predicted octanol–water partition coefficient (Wildman–Crippen LogP) is 3.61. The molecule has 1 aliphatic rings. The number of hydrogen-bond donors (Lipinski definition) is 2. The molecule has 4 rings (SSSR count). The van der Waals surface area contributed by atoms with Crippen LogP contribution in [-0.4, -0.2) is 26.9 Å². The van der Waals surface area contributed by atoms with Crippen LogP contribution in [0.5, 0.6) is 0 Å². The van der Waals surface area contributed by atoms with Crippen molar-refractivity contribution in [1.29, 1.82) is 0 Å². The van der Waals surface area contributed by atoms with Gasteiger partial charge in [0, 0.05) is 17.1 Å². The van der Waals surface area contributed by atoms with Crippen LogP contribution in [0.15, 0.2) is 77.1 Å². The molecule has 1 aliphatic heterocycles. The van der Waals surface area contributed by atoms with Gasteiger partial charge in [0.05, 0.1) is 5.57 Å². The standard InChI is InChI=1S/C21H21N5OS/c1-14-18(20(27)22-12-15-6-4-3-5-7-15)19(26-21(25-14)23-13-24-26)16-8-10-17(28-2)11-9-16/h3-11,13,19H,12H2,1-2H3,(H,22,27)(H,23,24,25)/t19-/m1/s1. The molecule has 0 bridgehead atoms. The lowest BCUT2D eigenvalue weighted by Gasteiger charge is -2.28. The van der Waals surface area contributed by atoms with Crippen LogP contribution < -0.4 is 10.6 Å². The Bertz CT molecular complexity index is 1010. The Balaban J connectivity index is 1.67. The molecule has 7 heteroatoms. The second kappa shape index (κ2) is 7.90. The van der Waals surface area contributed by atoms with E-state index in [2.05, 4.69) is 32.8 Å². The predicted molar refractivity (Wildman–Crippen MR) is 111 cm³/mol. The van der Waals surface area contributed by atoms with Crippen LogP contribution in [0, 0.1) is 0 Å². The Hall–Kier alpha value is -3.06. The molecule has 0 radical (unpaired) electrons. The van der Waals surface area contributed by atoms with E-state index < -0.39 is 0 Å². The number of nitrogens with one attached hydrogen (secondary N) is 2. The Morgan fingerprint density at radius 2 is 1.93 bits per heavy atom. The first kappa shape index (κ1) is 18.3. The molecule has 0 fully saturated rings. The van der Waals surface area contributed by atoms with Gasteiger partial charge in [-0.1, -0.05) is 42.5 Å². The third-order valence-corrected chi connectivity index (χ3v) is 5.51. The number of thioether (sulfide) groups is 1.